The minimum Gasteiger partial charge on any atom is -0.327 e. The number of piperidine rings is 1. The largest absolute Gasteiger partial charge is 0.511 e. The fourth-order valence-corrected chi connectivity index (χ4v) is 6.03. The Hall–Kier alpha value is -2.61. The Labute approximate surface area is 212 Å². The third-order valence-corrected chi connectivity index (χ3v) is 8.94. The molecule has 0 bridgehead atoms. The number of halogens is 4. The molecule has 0 spiro atoms. The van der Waals surface area contributed by atoms with E-state index in [4.69, 9.17) is 16.6 Å². The van der Waals surface area contributed by atoms with Crippen LogP contribution in [-0.2, 0) is 16.6 Å². The maximum atomic E-state index is 12.9. The van der Waals surface area contributed by atoms with Gasteiger partial charge in [-0.1, -0.05) is 29.8 Å². The van der Waals surface area contributed by atoms with Gasteiger partial charge in [-0.3, -0.25) is 0 Å². The van der Waals surface area contributed by atoms with Crippen LogP contribution in [0.15, 0.2) is 42.5 Å². The van der Waals surface area contributed by atoms with Crippen LogP contribution in [0.5, 0.6) is 0 Å². The van der Waals surface area contributed by atoms with Gasteiger partial charge < -0.3 is 4.57 Å². The zero-order valence-electron chi connectivity index (χ0n) is 19.2. The zero-order chi connectivity index (χ0) is 25.7. The van der Waals surface area contributed by atoms with Gasteiger partial charge >= 0.3 is 15.5 Å². The molecule has 2 aromatic carbocycles. The van der Waals surface area contributed by atoms with Crippen molar-refractivity contribution in [2.75, 3.05) is 13.1 Å². The average Bonchev–Trinajstić information content (AvgIpc) is 3.63. The molecular formula is C25H24ClF3N4O2S. The molecule has 1 aromatic heterocycles. The number of alkyl halides is 3. The summed E-state index contributed by atoms with van der Waals surface area (Å²) in [5, 5.41) is 10.5. The molecule has 190 valence electrons. The Morgan fingerprint density at radius 3 is 2.28 bits per heavy atom. The average molecular weight is 537 g/mol. The minimum atomic E-state index is -5.30. The second-order valence-corrected chi connectivity index (χ2v) is 11.9. The molecule has 5 rings (SSSR count). The quantitative estimate of drug-likeness (QED) is 0.400. The second kappa shape index (κ2) is 9.36. The summed E-state index contributed by atoms with van der Waals surface area (Å²) in [6.07, 6.45) is 2.74. The Morgan fingerprint density at radius 2 is 1.69 bits per heavy atom. The number of benzene rings is 2. The summed E-state index contributed by atoms with van der Waals surface area (Å²) in [6.45, 7) is 0.232. The number of aromatic nitrogens is 2. The summed E-state index contributed by atoms with van der Waals surface area (Å²) in [4.78, 5) is 4.84. The first-order valence-electron chi connectivity index (χ1n) is 11.8. The van der Waals surface area contributed by atoms with Crippen LogP contribution in [0.1, 0.15) is 54.5 Å². The Balaban J connectivity index is 1.42. The lowest BCUT2D eigenvalue weighted by Gasteiger charge is -2.32. The van der Waals surface area contributed by atoms with Crippen LogP contribution in [0.3, 0.4) is 0 Å². The molecule has 11 heteroatoms. The third-order valence-electron chi connectivity index (χ3n) is 7.06. The van der Waals surface area contributed by atoms with E-state index >= 15 is 0 Å². The van der Waals surface area contributed by atoms with Crippen LogP contribution in [0.4, 0.5) is 13.2 Å². The smallest absolute Gasteiger partial charge is 0.327 e. The van der Waals surface area contributed by atoms with E-state index < -0.39 is 21.4 Å². The van der Waals surface area contributed by atoms with E-state index in [1.165, 1.54) is 0 Å². The predicted molar refractivity (Wildman–Crippen MR) is 130 cm³/mol. The standard InChI is InChI=1S/C25H24ClF3N4O2S/c26-20-6-3-17(4-7-20)21(14-30)19-5-8-22-23(13-19)33(24(31-22)18-1-2-18)15-16-9-11-32(12-10-16)36(34,35)25(27,28)29/h3-8,13,16,18,21H,1-2,9-12,15H2. The van der Waals surface area contributed by atoms with Crippen molar-refractivity contribution in [3.8, 4) is 6.07 Å². The Bertz CT molecular complexity index is 1420. The number of imidazole rings is 1. The monoisotopic (exact) mass is 536 g/mol. The number of hydrogen-bond acceptors (Lipinski definition) is 4. The van der Waals surface area contributed by atoms with Crippen molar-refractivity contribution in [1.29, 1.82) is 5.26 Å². The molecule has 1 aliphatic carbocycles. The van der Waals surface area contributed by atoms with E-state index in [0.717, 1.165) is 40.8 Å². The normalized spacial score (nSPS) is 18.9. The highest BCUT2D eigenvalue weighted by Gasteiger charge is 2.50. The summed E-state index contributed by atoms with van der Waals surface area (Å²) in [5.41, 5.74) is -1.94. The lowest BCUT2D eigenvalue weighted by Crippen LogP contribution is -2.45. The van der Waals surface area contributed by atoms with Gasteiger partial charge in [0.25, 0.3) is 0 Å². The van der Waals surface area contributed by atoms with Crippen molar-refractivity contribution < 1.29 is 21.6 Å². The second-order valence-electron chi connectivity index (χ2n) is 9.51. The van der Waals surface area contributed by atoms with Gasteiger partial charge in [-0.05, 0) is 67.0 Å². The van der Waals surface area contributed by atoms with Crippen molar-refractivity contribution in [3.63, 3.8) is 0 Å². The van der Waals surface area contributed by atoms with E-state index in [1.54, 1.807) is 12.1 Å². The zero-order valence-corrected chi connectivity index (χ0v) is 20.8. The number of rotatable bonds is 6. The van der Waals surface area contributed by atoms with E-state index in [-0.39, 0.29) is 19.0 Å². The van der Waals surface area contributed by atoms with Crippen molar-refractivity contribution in [3.05, 3.63) is 64.4 Å². The Morgan fingerprint density at radius 1 is 1.06 bits per heavy atom. The molecule has 2 heterocycles. The molecule has 6 nitrogen and oxygen atoms in total. The van der Waals surface area contributed by atoms with Crippen LogP contribution in [0, 0.1) is 17.2 Å². The van der Waals surface area contributed by atoms with E-state index in [9.17, 15) is 26.9 Å². The van der Waals surface area contributed by atoms with Crippen LogP contribution < -0.4 is 0 Å². The molecule has 0 N–H and O–H groups in total. The SMILES string of the molecule is N#CC(c1ccc(Cl)cc1)c1ccc2nc(C3CC3)n(CC3CCN(S(=O)(=O)C(F)(F)F)CC3)c2c1. The maximum Gasteiger partial charge on any atom is 0.511 e. The summed E-state index contributed by atoms with van der Waals surface area (Å²) >= 11 is 6.00. The van der Waals surface area contributed by atoms with Gasteiger partial charge in [-0.25, -0.2) is 13.4 Å². The van der Waals surface area contributed by atoms with Crippen molar-refractivity contribution in [2.24, 2.45) is 5.92 Å². The summed E-state index contributed by atoms with van der Waals surface area (Å²) < 4.78 is 65.1. The molecule has 1 unspecified atom stereocenters. The molecule has 1 atom stereocenters. The number of hydrogen-bond donors (Lipinski definition) is 0. The number of sulfonamides is 1. The lowest BCUT2D eigenvalue weighted by atomic mass is 9.92. The van der Waals surface area contributed by atoms with Crippen molar-refractivity contribution in [2.45, 2.75) is 49.6 Å². The maximum absolute atomic E-state index is 12.9. The van der Waals surface area contributed by atoms with Crippen LogP contribution >= 0.6 is 11.6 Å². The van der Waals surface area contributed by atoms with E-state index in [0.29, 0.717) is 34.6 Å². The molecule has 1 saturated heterocycles. The van der Waals surface area contributed by atoms with Gasteiger partial charge in [-0.2, -0.15) is 22.7 Å². The third kappa shape index (κ3) is 4.72. The topological polar surface area (TPSA) is 79.0 Å². The fourth-order valence-electron chi connectivity index (χ4n) is 4.92. The molecular weight excluding hydrogens is 513 g/mol. The lowest BCUT2D eigenvalue weighted by molar-refractivity contribution is -0.0497. The molecule has 3 aromatic rings. The molecule has 2 fully saturated rings. The highest BCUT2D eigenvalue weighted by Crippen LogP contribution is 2.42. The number of fused-ring (bicyclic) bond motifs is 1. The fraction of sp³-hybridized carbons (Fsp3) is 0.440. The van der Waals surface area contributed by atoms with Gasteiger partial charge in [-0.15, -0.1) is 0 Å². The van der Waals surface area contributed by atoms with Crippen LogP contribution in [-0.4, -0.2) is 40.9 Å². The molecule has 1 saturated carbocycles. The van der Waals surface area contributed by atoms with Crippen molar-refractivity contribution >= 4 is 32.7 Å². The van der Waals surface area contributed by atoms with Gasteiger partial charge in [0.15, 0.2) is 0 Å². The molecule has 2 aliphatic rings. The predicted octanol–water partition coefficient (Wildman–Crippen LogP) is 5.78. The summed E-state index contributed by atoms with van der Waals surface area (Å²) in [7, 11) is -5.30. The molecule has 0 radical (unpaired) electrons. The first-order chi connectivity index (χ1) is 17.1. The van der Waals surface area contributed by atoms with E-state index in [2.05, 4.69) is 10.6 Å². The molecule has 1 aliphatic heterocycles. The first kappa shape index (κ1) is 25.1. The van der Waals surface area contributed by atoms with Crippen LogP contribution in [0.25, 0.3) is 11.0 Å². The molecule has 0 amide bonds. The number of nitriles is 1. The van der Waals surface area contributed by atoms with Crippen molar-refractivity contribution in [1.82, 2.24) is 13.9 Å². The minimum absolute atomic E-state index is 0.0197. The highest BCUT2D eigenvalue weighted by molar-refractivity contribution is 7.90. The molecule has 36 heavy (non-hydrogen) atoms. The number of nitrogens with zero attached hydrogens (tertiary/aromatic N) is 4. The summed E-state index contributed by atoms with van der Waals surface area (Å²) in [6, 6.07) is 15.3. The van der Waals surface area contributed by atoms with Gasteiger partial charge in [0.05, 0.1) is 23.0 Å². The van der Waals surface area contributed by atoms with Gasteiger partial charge in [0.1, 0.15) is 5.82 Å². The van der Waals surface area contributed by atoms with E-state index in [1.807, 2.05) is 30.3 Å². The summed E-state index contributed by atoms with van der Waals surface area (Å²) in [5.74, 6) is 0.823. The first-order valence-corrected chi connectivity index (χ1v) is 13.6. The highest BCUT2D eigenvalue weighted by atomic mass is 35.5. The van der Waals surface area contributed by atoms with Gasteiger partial charge in [0, 0.05) is 30.6 Å². The Kier molecular flexibility index (Phi) is 6.52. The van der Waals surface area contributed by atoms with Gasteiger partial charge in [0.2, 0.25) is 0 Å². The van der Waals surface area contributed by atoms with Crippen LogP contribution in [0.2, 0.25) is 5.02 Å².